The van der Waals surface area contributed by atoms with Crippen molar-refractivity contribution >= 4 is 23.0 Å². The van der Waals surface area contributed by atoms with E-state index < -0.39 is 4.92 Å². The Morgan fingerprint density at radius 3 is 2.48 bits per heavy atom. The number of morpholine rings is 1. The van der Waals surface area contributed by atoms with Crippen molar-refractivity contribution in [2.45, 2.75) is 6.92 Å². The zero-order valence-electron chi connectivity index (χ0n) is 13.9. The van der Waals surface area contributed by atoms with Gasteiger partial charge in [-0.25, -0.2) is 0 Å². The number of hydrogen-bond acceptors (Lipinski definition) is 5. The third-order valence-corrected chi connectivity index (χ3v) is 4.10. The van der Waals surface area contributed by atoms with E-state index in [1.54, 1.807) is 24.3 Å². The van der Waals surface area contributed by atoms with Crippen LogP contribution in [0.1, 0.15) is 15.9 Å². The molecular weight excluding hydrogens is 322 g/mol. The van der Waals surface area contributed by atoms with Crippen LogP contribution in [0.15, 0.2) is 42.5 Å². The number of anilines is 2. The normalized spacial score (nSPS) is 14.2. The Bertz CT molecular complexity index is 783. The van der Waals surface area contributed by atoms with E-state index in [1.807, 2.05) is 24.0 Å². The van der Waals surface area contributed by atoms with Crippen molar-refractivity contribution in [2.75, 3.05) is 36.5 Å². The molecule has 1 aliphatic rings. The molecule has 3 rings (SSSR count). The van der Waals surface area contributed by atoms with Gasteiger partial charge < -0.3 is 15.0 Å². The smallest absolute Gasteiger partial charge is 0.293 e. The Labute approximate surface area is 145 Å². The molecule has 0 aliphatic carbocycles. The zero-order valence-corrected chi connectivity index (χ0v) is 13.9. The molecule has 1 saturated heterocycles. The van der Waals surface area contributed by atoms with Crippen molar-refractivity contribution in [3.8, 4) is 0 Å². The predicted octanol–water partition coefficient (Wildman–Crippen LogP) is 2.99. The first-order valence-electron chi connectivity index (χ1n) is 8.04. The summed E-state index contributed by atoms with van der Waals surface area (Å²) in [6, 6.07) is 11.9. The summed E-state index contributed by atoms with van der Waals surface area (Å²) in [4.78, 5) is 25.3. The fourth-order valence-corrected chi connectivity index (χ4v) is 2.72. The fraction of sp³-hybridized carbons (Fsp3) is 0.278. The summed E-state index contributed by atoms with van der Waals surface area (Å²) >= 11 is 0. The van der Waals surface area contributed by atoms with E-state index in [4.69, 9.17) is 4.74 Å². The third-order valence-electron chi connectivity index (χ3n) is 4.10. The average Bonchev–Trinajstić information content (AvgIpc) is 2.63. The van der Waals surface area contributed by atoms with Crippen LogP contribution in [0.2, 0.25) is 0 Å². The van der Waals surface area contributed by atoms with Gasteiger partial charge in [0.1, 0.15) is 5.69 Å². The van der Waals surface area contributed by atoms with Crippen LogP contribution in [-0.4, -0.2) is 37.1 Å². The SMILES string of the molecule is Cc1ccc(NC(=O)c2ccc(N3CCOCC3)c([N+](=O)[O-])c2)cc1. The molecule has 1 heterocycles. The lowest BCUT2D eigenvalue weighted by atomic mass is 10.1. The molecule has 2 aromatic rings. The van der Waals surface area contributed by atoms with Gasteiger partial charge in [-0.3, -0.25) is 14.9 Å². The highest BCUT2D eigenvalue weighted by molar-refractivity contribution is 6.05. The van der Waals surface area contributed by atoms with Crippen LogP contribution in [0.3, 0.4) is 0 Å². The first-order chi connectivity index (χ1) is 12.0. The highest BCUT2D eigenvalue weighted by Gasteiger charge is 2.23. The molecule has 1 amide bonds. The number of nitro groups is 1. The van der Waals surface area contributed by atoms with E-state index in [2.05, 4.69) is 5.32 Å². The molecule has 0 bridgehead atoms. The van der Waals surface area contributed by atoms with Crippen LogP contribution in [0.4, 0.5) is 17.1 Å². The minimum absolute atomic E-state index is 0.0709. The summed E-state index contributed by atoms with van der Waals surface area (Å²) in [7, 11) is 0. The van der Waals surface area contributed by atoms with E-state index in [9.17, 15) is 14.9 Å². The van der Waals surface area contributed by atoms with Crippen molar-refractivity contribution in [3.05, 3.63) is 63.7 Å². The fourth-order valence-electron chi connectivity index (χ4n) is 2.72. The van der Waals surface area contributed by atoms with Gasteiger partial charge in [0.2, 0.25) is 0 Å². The number of carbonyl (C=O) groups is 1. The first kappa shape index (κ1) is 16.9. The lowest BCUT2D eigenvalue weighted by molar-refractivity contribution is -0.384. The van der Waals surface area contributed by atoms with Crippen molar-refractivity contribution in [2.24, 2.45) is 0 Å². The molecule has 130 valence electrons. The monoisotopic (exact) mass is 341 g/mol. The Kier molecular flexibility index (Phi) is 4.95. The van der Waals surface area contributed by atoms with Gasteiger partial charge in [0, 0.05) is 30.4 Å². The van der Waals surface area contributed by atoms with E-state index in [1.165, 1.54) is 6.07 Å². The molecule has 0 radical (unpaired) electrons. The van der Waals surface area contributed by atoms with E-state index in [0.717, 1.165) is 5.56 Å². The van der Waals surface area contributed by atoms with Crippen LogP contribution in [0.25, 0.3) is 0 Å². The summed E-state index contributed by atoms with van der Waals surface area (Å²) < 4.78 is 5.28. The van der Waals surface area contributed by atoms with Gasteiger partial charge in [-0.15, -0.1) is 0 Å². The zero-order chi connectivity index (χ0) is 17.8. The Morgan fingerprint density at radius 1 is 1.16 bits per heavy atom. The van der Waals surface area contributed by atoms with Crippen molar-refractivity contribution < 1.29 is 14.5 Å². The summed E-state index contributed by atoms with van der Waals surface area (Å²) in [5, 5.41) is 14.2. The van der Waals surface area contributed by atoms with Crippen molar-refractivity contribution in [3.63, 3.8) is 0 Å². The number of nitro benzene ring substituents is 1. The highest BCUT2D eigenvalue weighted by atomic mass is 16.6. The molecule has 0 aromatic heterocycles. The number of nitrogens with zero attached hydrogens (tertiary/aromatic N) is 2. The maximum absolute atomic E-state index is 12.4. The molecule has 1 fully saturated rings. The molecule has 0 unspecified atom stereocenters. The summed E-state index contributed by atoms with van der Waals surface area (Å²) in [5.74, 6) is -0.375. The van der Waals surface area contributed by atoms with Gasteiger partial charge in [0.15, 0.2) is 0 Å². The lowest BCUT2D eigenvalue weighted by Crippen LogP contribution is -2.36. The standard InChI is InChI=1S/C18H19N3O4/c1-13-2-5-15(6-3-13)19-18(22)14-4-7-16(17(12-14)21(23)24)20-8-10-25-11-9-20/h2-7,12H,8-11H2,1H3,(H,19,22). The third kappa shape index (κ3) is 3.95. The second-order valence-electron chi connectivity index (χ2n) is 5.88. The van der Waals surface area contributed by atoms with Crippen LogP contribution >= 0.6 is 0 Å². The molecule has 0 spiro atoms. The maximum Gasteiger partial charge on any atom is 0.293 e. The molecule has 0 atom stereocenters. The van der Waals surface area contributed by atoms with Gasteiger partial charge in [-0.2, -0.15) is 0 Å². The average molecular weight is 341 g/mol. The van der Waals surface area contributed by atoms with Gasteiger partial charge in [0.25, 0.3) is 11.6 Å². The van der Waals surface area contributed by atoms with Crippen LogP contribution < -0.4 is 10.2 Å². The number of ether oxygens (including phenoxy) is 1. The van der Waals surface area contributed by atoms with Crippen LogP contribution in [0.5, 0.6) is 0 Å². The minimum Gasteiger partial charge on any atom is -0.378 e. The molecular formula is C18H19N3O4. The Morgan fingerprint density at radius 2 is 1.84 bits per heavy atom. The summed E-state index contributed by atoms with van der Waals surface area (Å²) in [6.45, 7) is 4.21. The predicted molar refractivity (Wildman–Crippen MR) is 95.3 cm³/mol. The second-order valence-corrected chi connectivity index (χ2v) is 5.88. The Balaban J connectivity index is 1.84. The van der Waals surface area contributed by atoms with Crippen LogP contribution in [0, 0.1) is 17.0 Å². The summed E-state index contributed by atoms with van der Waals surface area (Å²) in [6.07, 6.45) is 0. The van der Waals surface area contributed by atoms with Gasteiger partial charge in [-0.1, -0.05) is 17.7 Å². The second kappa shape index (κ2) is 7.31. The molecule has 1 aliphatic heterocycles. The minimum atomic E-state index is -0.451. The number of hydrogen-bond donors (Lipinski definition) is 1. The number of carbonyl (C=O) groups excluding carboxylic acids is 1. The number of nitrogens with one attached hydrogen (secondary N) is 1. The quantitative estimate of drug-likeness (QED) is 0.682. The maximum atomic E-state index is 12.4. The molecule has 0 saturated carbocycles. The number of aryl methyl sites for hydroxylation is 1. The molecule has 7 heteroatoms. The van der Waals surface area contributed by atoms with E-state index in [0.29, 0.717) is 37.7 Å². The van der Waals surface area contributed by atoms with E-state index in [-0.39, 0.29) is 17.2 Å². The topological polar surface area (TPSA) is 84.7 Å². The van der Waals surface area contributed by atoms with Crippen LogP contribution in [-0.2, 0) is 4.74 Å². The van der Waals surface area contributed by atoms with Crippen molar-refractivity contribution in [1.82, 2.24) is 0 Å². The molecule has 1 N–H and O–H groups in total. The van der Waals surface area contributed by atoms with Crippen molar-refractivity contribution in [1.29, 1.82) is 0 Å². The highest BCUT2D eigenvalue weighted by Crippen LogP contribution is 2.30. The largest absolute Gasteiger partial charge is 0.378 e. The van der Waals surface area contributed by atoms with Gasteiger partial charge >= 0.3 is 0 Å². The Hall–Kier alpha value is -2.93. The van der Waals surface area contributed by atoms with E-state index >= 15 is 0 Å². The van der Waals surface area contributed by atoms with Gasteiger partial charge in [-0.05, 0) is 31.2 Å². The number of benzene rings is 2. The summed E-state index contributed by atoms with van der Waals surface area (Å²) in [5.41, 5.74) is 2.43. The lowest BCUT2D eigenvalue weighted by Gasteiger charge is -2.28. The molecule has 2 aromatic carbocycles. The number of rotatable bonds is 4. The first-order valence-corrected chi connectivity index (χ1v) is 8.04. The van der Waals surface area contributed by atoms with Gasteiger partial charge in [0.05, 0.1) is 18.1 Å². The number of amides is 1. The molecule has 25 heavy (non-hydrogen) atoms. The molecule has 7 nitrogen and oxygen atoms in total.